The van der Waals surface area contributed by atoms with E-state index in [1.807, 2.05) is 42.5 Å². The van der Waals surface area contributed by atoms with Gasteiger partial charge in [0.1, 0.15) is 17.2 Å². The third-order valence-corrected chi connectivity index (χ3v) is 3.64. The van der Waals surface area contributed by atoms with Crippen LogP contribution in [0.25, 0.3) is 0 Å². The molecule has 1 N–H and O–H groups in total. The van der Waals surface area contributed by atoms with Gasteiger partial charge in [0, 0.05) is 4.47 Å². The number of aliphatic hydroxyl groups is 1. The predicted molar refractivity (Wildman–Crippen MR) is 87.1 cm³/mol. The van der Waals surface area contributed by atoms with Crippen molar-refractivity contribution in [2.24, 2.45) is 0 Å². The topological polar surface area (TPSA) is 38.7 Å². The maximum atomic E-state index is 9.60. The van der Waals surface area contributed by atoms with Gasteiger partial charge >= 0.3 is 0 Å². The number of rotatable bonds is 6. The molecule has 4 heteroatoms. The summed E-state index contributed by atoms with van der Waals surface area (Å²) in [6, 6.07) is 13.1. The summed E-state index contributed by atoms with van der Waals surface area (Å²) in [5.41, 5.74) is 0.839. The van der Waals surface area contributed by atoms with Crippen molar-refractivity contribution in [3.05, 3.63) is 52.5 Å². The van der Waals surface area contributed by atoms with Gasteiger partial charge in [-0.3, -0.25) is 0 Å². The lowest BCUT2D eigenvalue weighted by atomic mass is 10.1. The van der Waals surface area contributed by atoms with Crippen LogP contribution in [0.5, 0.6) is 17.2 Å². The average Bonchev–Trinajstić information content (AvgIpc) is 2.46. The Kier molecular flexibility index (Phi) is 5.65. The fourth-order valence-electron chi connectivity index (χ4n) is 1.87. The Balaban J connectivity index is 2.06. The maximum absolute atomic E-state index is 9.60. The minimum absolute atomic E-state index is 0.511. The van der Waals surface area contributed by atoms with E-state index < -0.39 is 6.10 Å². The van der Waals surface area contributed by atoms with E-state index in [9.17, 15) is 5.11 Å². The lowest BCUT2D eigenvalue weighted by Crippen LogP contribution is -1.95. The van der Waals surface area contributed by atoms with Crippen molar-refractivity contribution in [1.29, 1.82) is 0 Å². The van der Waals surface area contributed by atoms with E-state index >= 15 is 0 Å². The molecule has 0 spiro atoms. The Bertz CT molecular complexity index is 579. The largest absolute Gasteiger partial charge is 0.494 e. The Labute approximate surface area is 133 Å². The van der Waals surface area contributed by atoms with E-state index in [-0.39, 0.29) is 0 Å². The summed E-state index contributed by atoms with van der Waals surface area (Å²) in [5.74, 6) is 2.30. The lowest BCUT2D eigenvalue weighted by Gasteiger charge is -2.11. The molecule has 2 aromatic rings. The van der Waals surface area contributed by atoms with Gasteiger partial charge in [0.2, 0.25) is 0 Å². The van der Waals surface area contributed by atoms with Gasteiger partial charge in [-0.1, -0.05) is 28.9 Å². The molecule has 0 bridgehead atoms. The molecular weight excluding hydrogens is 332 g/mol. The molecule has 0 unspecified atom stereocenters. The van der Waals surface area contributed by atoms with Gasteiger partial charge in [-0.15, -0.1) is 0 Å². The van der Waals surface area contributed by atoms with Crippen LogP contribution >= 0.6 is 15.9 Å². The summed E-state index contributed by atoms with van der Waals surface area (Å²) in [6.45, 7) is 4.52. The van der Waals surface area contributed by atoms with E-state index in [1.165, 1.54) is 0 Å². The van der Waals surface area contributed by atoms with E-state index in [0.717, 1.165) is 28.0 Å². The number of hydrogen-bond acceptors (Lipinski definition) is 3. The number of ether oxygens (including phenoxy) is 2. The number of halogens is 1. The summed E-state index contributed by atoms with van der Waals surface area (Å²) >= 11 is 3.44. The van der Waals surface area contributed by atoms with Crippen molar-refractivity contribution < 1.29 is 14.6 Å². The van der Waals surface area contributed by atoms with E-state index in [2.05, 4.69) is 22.9 Å². The molecule has 0 saturated heterocycles. The van der Waals surface area contributed by atoms with Gasteiger partial charge < -0.3 is 14.6 Å². The quantitative estimate of drug-likeness (QED) is 0.788. The van der Waals surface area contributed by atoms with Crippen LogP contribution in [-0.2, 0) is 0 Å². The molecule has 0 aliphatic rings. The van der Waals surface area contributed by atoms with Crippen LogP contribution in [0.4, 0.5) is 0 Å². The zero-order valence-corrected chi connectivity index (χ0v) is 13.8. The first kappa shape index (κ1) is 15.9. The van der Waals surface area contributed by atoms with E-state index in [0.29, 0.717) is 12.4 Å². The molecule has 2 rings (SSSR count). The predicted octanol–water partition coefficient (Wildman–Crippen LogP) is 5.08. The van der Waals surface area contributed by atoms with Crippen molar-refractivity contribution in [3.8, 4) is 17.2 Å². The van der Waals surface area contributed by atoms with Crippen LogP contribution in [0.15, 0.2) is 46.9 Å². The van der Waals surface area contributed by atoms with Gasteiger partial charge in [0.05, 0.1) is 12.7 Å². The molecule has 0 saturated carbocycles. The first-order valence-corrected chi connectivity index (χ1v) is 7.77. The van der Waals surface area contributed by atoms with Crippen LogP contribution in [0, 0.1) is 0 Å². The fourth-order valence-corrected chi connectivity index (χ4v) is 2.56. The molecular formula is C17H19BrO3. The summed E-state index contributed by atoms with van der Waals surface area (Å²) in [7, 11) is 0. The van der Waals surface area contributed by atoms with Gasteiger partial charge in [-0.25, -0.2) is 0 Å². The van der Waals surface area contributed by atoms with Crippen LogP contribution in [0.2, 0.25) is 0 Å². The van der Waals surface area contributed by atoms with Crippen LogP contribution in [0.1, 0.15) is 31.9 Å². The highest BCUT2D eigenvalue weighted by atomic mass is 79.9. The smallest absolute Gasteiger partial charge is 0.128 e. The second-order valence-electron chi connectivity index (χ2n) is 4.78. The zero-order valence-electron chi connectivity index (χ0n) is 12.2. The molecule has 0 aliphatic heterocycles. The SMILES string of the molecule is CCCOc1ccc(Oc2ccc([C@@H](C)O)c(Br)c2)cc1. The third-order valence-electron chi connectivity index (χ3n) is 2.95. The number of aliphatic hydroxyl groups excluding tert-OH is 1. The molecule has 0 heterocycles. The van der Waals surface area contributed by atoms with E-state index in [1.54, 1.807) is 6.92 Å². The molecule has 0 aliphatic carbocycles. The van der Waals surface area contributed by atoms with Crippen molar-refractivity contribution >= 4 is 15.9 Å². The molecule has 0 aromatic heterocycles. The minimum Gasteiger partial charge on any atom is -0.494 e. The lowest BCUT2D eigenvalue weighted by molar-refractivity contribution is 0.198. The molecule has 0 radical (unpaired) electrons. The van der Waals surface area contributed by atoms with Crippen molar-refractivity contribution in [2.45, 2.75) is 26.4 Å². The Morgan fingerprint density at radius 2 is 1.67 bits per heavy atom. The van der Waals surface area contributed by atoms with Gasteiger partial charge in [0.25, 0.3) is 0 Å². The highest BCUT2D eigenvalue weighted by molar-refractivity contribution is 9.10. The number of hydrogen-bond donors (Lipinski definition) is 1. The minimum atomic E-state index is -0.511. The second kappa shape index (κ2) is 7.48. The summed E-state index contributed by atoms with van der Waals surface area (Å²) in [6.07, 6.45) is 0.477. The van der Waals surface area contributed by atoms with Crippen molar-refractivity contribution in [1.82, 2.24) is 0 Å². The monoisotopic (exact) mass is 350 g/mol. The van der Waals surface area contributed by atoms with Gasteiger partial charge in [-0.05, 0) is 55.3 Å². The Morgan fingerprint density at radius 3 is 2.24 bits per heavy atom. The first-order chi connectivity index (χ1) is 10.1. The highest BCUT2D eigenvalue weighted by Crippen LogP contribution is 2.30. The van der Waals surface area contributed by atoms with Gasteiger partial charge in [0.15, 0.2) is 0 Å². The highest BCUT2D eigenvalue weighted by Gasteiger charge is 2.07. The van der Waals surface area contributed by atoms with Crippen molar-refractivity contribution in [3.63, 3.8) is 0 Å². The fraction of sp³-hybridized carbons (Fsp3) is 0.294. The number of benzene rings is 2. The molecule has 21 heavy (non-hydrogen) atoms. The molecule has 0 fully saturated rings. The standard InChI is InChI=1S/C17H19BrO3/c1-3-10-20-13-4-6-14(7-5-13)21-15-8-9-16(12(2)19)17(18)11-15/h4-9,11-12,19H,3,10H2,1-2H3/t12-/m1/s1. The Hall–Kier alpha value is -1.52. The molecule has 1 atom stereocenters. The first-order valence-electron chi connectivity index (χ1n) is 6.98. The summed E-state index contributed by atoms with van der Waals surface area (Å²) in [5, 5.41) is 9.60. The third kappa shape index (κ3) is 4.48. The normalized spacial score (nSPS) is 12.0. The molecule has 0 amide bonds. The van der Waals surface area contributed by atoms with Gasteiger partial charge in [-0.2, -0.15) is 0 Å². The molecule has 112 valence electrons. The molecule has 3 nitrogen and oxygen atoms in total. The average molecular weight is 351 g/mol. The van der Waals surface area contributed by atoms with E-state index in [4.69, 9.17) is 9.47 Å². The maximum Gasteiger partial charge on any atom is 0.128 e. The summed E-state index contributed by atoms with van der Waals surface area (Å²) in [4.78, 5) is 0. The van der Waals surface area contributed by atoms with Crippen molar-refractivity contribution in [2.75, 3.05) is 6.61 Å². The van der Waals surface area contributed by atoms with Crippen LogP contribution in [-0.4, -0.2) is 11.7 Å². The van der Waals surface area contributed by atoms with Crippen LogP contribution in [0.3, 0.4) is 0 Å². The summed E-state index contributed by atoms with van der Waals surface area (Å²) < 4.78 is 12.1. The van der Waals surface area contributed by atoms with Crippen LogP contribution < -0.4 is 9.47 Å². The Morgan fingerprint density at radius 1 is 1.05 bits per heavy atom. The molecule has 2 aromatic carbocycles. The second-order valence-corrected chi connectivity index (χ2v) is 5.64. The zero-order chi connectivity index (χ0) is 15.2.